The third-order valence-electron chi connectivity index (χ3n) is 4.64. The van der Waals surface area contributed by atoms with E-state index in [2.05, 4.69) is 5.10 Å². The minimum absolute atomic E-state index is 0.0185. The summed E-state index contributed by atoms with van der Waals surface area (Å²) in [4.78, 5) is 13.6. The molecule has 0 radical (unpaired) electrons. The highest BCUT2D eigenvalue weighted by Crippen LogP contribution is 2.23. The highest BCUT2D eigenvalue weighted by Gasteiger charge is 2.31. The number of ether oxygens (including phenoxy) is 2. The number of sulfonamides is 1. The van der Waals surface area contributed by atoms with Gasteiger partial charge in [0.1, 0.15) is 11.5 Å². The molecule has 3 heterocycles. The molecule has 0 N–H and O–H groups in total. The van der Waals surface area contributed by atoms with Gasteiger partial charge in [-0.1, -0.05) is 0 Å². The number of hydrogen-bond acceptors (Lipinski definition) is 6. The van der Waals surface area contributed by atoms with Gasteiger partial charge in [0.2, 0.25) is 15.9 Å². The maximum Gasteiger partial charge on any atom is 0.248 e. The Labute approximate surface area is 147 Å². The maximum absolute atomic E-state index is 12.8. The highest BCUT2D eigenvalue weighted by atomic mass is 32.2. The van der Waals surface area contributed by atoms with Gasteiger partial charge in [-0.2, -0.15) is 9.40 Å². The number of carbonyl (C=O) groups excluding carboxylic acids is 1. The Morgan fingerprint density at radius 2 is 1.96 bits per heavy atom. The molecule has 1 aromatic rings. The van der Waals surface area contributed by atoms with Gasteiger partial charge in [0.25, 0.3) is 0 Å². The second-order valence-electron chi connectivity index (χ2n) is 6.22. The second-order valence-corrected chi connectivity index (χ2v) is 8.16. The third-order valence-corrected chi connectivity index (χ3v) is 6.49. The first-order valence-electron chi connectivity index (χ1n) is 8.41. The summed E-state index contributed by atoms with van der Waals surface area (Å²) in [6, 6.07) is 0.182. The first kappa shape index (κ1) is 18.3. The van der Waals surface area contributed by atoms with Crippen molar-refractivity contribution in [1.82, 2.24) is 19.0 Å². The summed E-state index contributed by atoms with van der Waals surface area (Å²) in [6.45, 7) is 2.66. The standard InChI is InChI=1S/C15H24N4O5S/c1-23-12-15(20)17-4-6-18(7-5-17)25(21,22)14-10-16-19(11-14)13-2-8-24-9-3-13/h10-11,13H,2-9,12H2,1H3. The lowest BCUT2D eigenvalue weighted by Crippen LogP contribution is -2.51. The number of nitrogens with zero attached hydrogens (tertiary/aromatic N) is 4. The van der Waals surface area contributed by atoms with E-state index in [9.17, 15) is 13.2 Å². The van der Waals surface area contributed by atoms with Crippen molar-refractivity contribution in [3.8, 4) is 0 Å². The molecule has 0 bridgehead atoms. The molecule has 2 aliphatic heterocycles. The van der Waals surface area contributed by atoms with Crippen LogP contribution < -0.4 is 0 Å². The van der Waals surface area contributed by atoms with Gasteiger partial charge in [-0.3, -0.25) is 9.48 Å². The third kappa shape index (κ3) is 4.02. The number of amides is 1. The van der Waals surface area contributed by atoms with Gasteiger partial charge in [-0.25, -0.2) is 8.42 Å². The van der Waals surface area contributed by atoms with E-state index in [0.29, 0.717) is 26.3 Å². The van der Waals surface area contributed by atoms with Crippen LogP contribution in [0.4, 0.5) is 0 Å². The lowest BCUT2D eigenvalue weighted by molar-refractivity contribution is -0.136. The smallest absolute Gasteiger partial charge is 0.248 e. The Bertz CT molecular complexity index is 691. The van der Waals surface area contributed by atoms with Gasteiger partial charge in [-0.05, 0) is 12.8 Å². The Balaban J connectivity index is 1.64. The predicted octanol–water partition coefficient (Wildman–Crippen LogP) is -0.286. The minimum Gasteiger partial charge on any atom is -0.381 e. The molecule has 3 rings (SSSR count). The van der Waals surface area contributed by atoms with Gasteiger partial charge in [0.15, 0.2) is 0 Å². The molecule has 140 valence electrons. The van der Waals surface area contributed by atoms with Crippen LogP contribution in [0.15, 0.2) is 17.3 Å². The SMILES string of the molecule is COCC(=O)N1CCN(S(=O)(=O)c2cnn(C3CCOCC3)c2)CC1. The van der Waals surface area contributed by atoms with Crippen LogP contribution in [-0.4, -0.2) is 86.4 Å². The van der Waals surface area contributed by atoms with E-state index in [1.807, 2.05) is 0 Å². The Kier molecular flexibility index (Phi) is 5.72. The molecule has 2 saturated heterocycles. The average molecular weight is 372 g/mol. The lowest BCUT2D eigenvalue weighted by atomic mass is 10.1. The molecule has 25 heavy (non-hydrogen) atoms. The minimum atomic E-state index is -3.59. The zero-order valence-corrected chi connectivity index (χ0v) is 15.2. The van der Waals surface area contributed by atoms with Crippen LogP contribution in [0.1, 0.15) is 18.9 Å². The molecule has 1 aromatic heterocycles. The van der Waals surface area contributed by atoms with Crippen LogP contribution in [-0.2, 0) is 24.3 Å². The van der Waals surface area contributed by atoms with E-state index in [1.54, 1.807) is 15.8 Å². The molecular weight excluding hydrogens is 348 g/mol. The molecule has 0 unspecified atom stereocenters. The van der Waals surface area contributed by atoms with E-state index >= 15 is 0 Å². The first-order chi connectivity index (χ1) is 12.0. The summed E-state index contributed by atoms with van der Waals surface area (Å²) in [5, 5.41) is 4.24. The quantitative estimate of drug-likeness (QED) is 0.705. The van der Waals surface area contributed by atoms with Crippen molar-refractivity contribution >= 4 is 15.9 Å². The molecular formula is C15H24N4O5S. The Morgan fingerprint density at radius 3 is 2.60 bits per heavy atom. The predicted molar refractivity (Wildman–Crippen MR) is 88.5 cm³/mol. The molecule has 0 aromatic carbocycles. The summed E-state index contributed by atoms with van der Waals surface area (Å²) in [5.74, 6) is -0.119. The van der Waals surface area contributed by atoms with Crippen molar-refractivity contribution in [3.05, 3.63) is 12.4 Å². The number of rotatable bonds is 5. The van der Waals surface area contributed by atoms with Gasteiger partial charge in [0.05, 0.1) is 12.2 Å². The molecule has 0 aliphatic carbocycles. The van der Waals surface area contributed by atoms with Crippen molar-refractivity contribution in [2.75, 3.05) is 53.1 Å². The number of aromatic nitrogens is 2. The fraction of sp³-hybridized carbons (Fsp3) is 0.733. The van der Waals surface area contributed by atoms with Gasteiger partial charge >= 0.3 is 0 Å². The van der Waals surface area contributed by atoms with E-state index in [4.69, 9.17) is 9.47 Å². The summed E-state index contributed by atoms with van der Waals surface area (Å²) >= 11 is 0. The maximum atomic E-state index is 12.8. The topological polar surface area (TPSA) is 94.0 Å². The number of methoxy groups -OCH3 is 1. The van der Waals surface area contributed by atoms with Crippen LogP contribution in [0.5, 0.6) is 0 Å². The van der Waals surface area contributed by atoms with Crippen LogP contribution in [0.3, 0.4) is 0 Å². The molecule has 1 amide bonds. The van der Waals surface area contributed by atoms with Crippen molar-refractivity contribution in [3.63, 3.8) is 0 Å². The zero-order valence-electron chi connectivity index (χ0n) is 14.3. The Hall–Kier alpha value is -1.49. The second kappa shape index (κ2) is 7.81. The van der Waals surface area contributed by atoms with Crippen molar-refractivity contribution < 1.29 is 22.7 Å². The largest absolute Gasteiger partial charge is 0.381 e. The highest BCUT2D eigenvalue weighted by molar-refractivity contribution is 7.89. The molecule has 2 fully saturated rings. The molecule has 2 aliphatic rings. The average Bonchev–Trinajstić information content (AvgIpc) is 3.14. The van der Waals surface area contributed by atoms with E-state index in [0.717, 1.165) is 12.8 Å². The molecule has 0 atom stereocenters. The van der Waals surface area contributed by atoms with Gasteiger partial charge < -0.3 is 14.4 Å². The lowest BCUT2D eigenvalue weighted by Gasteiger charge is -2.33. The van der Waals surface area contributed by atoms with Crippen molar-refractivity contribution in [2.45, 2.75) is 23.8 Å². The summed E-state index contributed by atoms with van der Waals surface area (Å²) in [7, 11) is -2.12. The summed E-state index contributed by atoms with van der Waals surface area (Å²) in [6.07, 6.45) is 4.68. The summed E-state index contributed by atoms with van der Waals surface area (Å²) < 4.78 is 38.9. The molecule has 0 saturated carbocycles. The van der Waals surface area contributed by atoms with Crippen LogP contribution in [0.25, 0.3) is 0 Å². The molecule has 0 spiro atoms. The van der Waals surface area contributed by atoms with Crippen molar-refractivity contribution in [1.29, 1.82) is 0 Å². The zero-order chi connectivity index (χ0) is 17.9. The van der Waals surface area contributed by atoms with Gasteiger partial charge in [-0.15, -0.1) is 0 Å². The van der Waals surface area contributed by atoms with E-state index < -0.39 is 10.0 Å². The Morgan fingerprint density at radius 1 is 1.28 bits per heavy atom. The first-order valence-corrected chi connectivity index (χ1v) is 9.85. The number of hydrogen-bond donors (Lipinski definition) is 0. The normalized spacial score (nSPS) is 20.8. The fourth-order valence-corrected chi connectivity index (χ4v) is 4.51. The van der Waals surface area contributed by atoms with E-state index in [-0.39, 0.29) is 36.5 Å². The van der Waals surface area contributed by atoms with Crippen LogP contribution in [0.2, 0.25) is 0 Å². The van der Waals surface area contributed by atoms with Crippen LogP contribution in [0, 0.1) is 0 Å². The number of carbonyl (C=O) groups is 1. The van der Waals surface area contributed by atoms with Gasteiger partial charge in [0, 0.05) is 52.7 Å². The number of piperazine rings is 1. The van der Waals surface area contributed by atoms with Crippen molar-refractivity contribution in [2.24, 2.45) is 0 Å². The monoisotopic (exact) mass is 372 g/mol. The van der Waals surface area contributed by atoms with E-state index in [1.165, 1.54) is 17.6 Å². The summed E-state index contributed by atoms with van der Waals surface area (Å²) in [5.41, 5.74) is 0. The van der Waals surface area contributed by atoms with Crippen LogP contribution >= 0.6 is 0 Å². The fourth-order valence-electron chi connectivity index (χ4n) is 3.14. The molecule has 10 heteroatoms. The molecule has 9 nitrogen and oxygen atoms in total.